The van der Waals surface area contributed by atoms with Crippen molar-refractivity contribution in [3.8, 4) is 0 Å². The molecule has 2 aromatic rings. The van der Waals surface area contributed by atoms with E-state index in [0.717, 1.165) is 30.0 Å². The zero-order chi connectivity index (χ0) is 31.1. The van der Waals surface area contributed by atoms with Crippen molar-refractivity contribution in [2.75, 3.05) is 20.1 Å². The highest BCUT2D eigenvalue weighted by atomic mass is 19.1. The van der Waals surface area contributed by atoms with Crippen LogP contribution in [-0.2, 0) is 34.9 Å². The van der Waals surface area contributed by atoms with Gasteiger partial charge < -0.3 is 25.4 Å². The van der Waals surface area contributed by atoms with Crippen LogP contribution in [0.4, 0.5) is 4.39 Å². The number of hydrogen-bond donors (Lipinski definition) is 4. The molecule has 2 heterocycles. The van der Waals surface area contributed by atoms with Gasteiger partial charge in [0, 0.05) is 57.1 Å². The molecule has 2 aromatic carbocycles. The second-order valence-corrected chi connectivity index (χ2v) is 13.4. The fourth-order valence-electron chi connectivity index (χ4n) is 7.08. The lowest BCUT2D eigenvalue weighted by molar-refractivity contribution is -0.170. The maximum atomic E-state index is 15.1. The molecule has 1 saturated heterocycles. The highest BCUT2D eigenvalue weighted by Crippen LogP contribution is 2.40. The van der Waals surface area contributed by atoms with E-state index in [1.807, 2.05) is 0 Å². The third-order valence-corrected chi connectivity index (χ3v) is 8.28. The summed E-state index contributed by atoms with van der Waals surface area (Å²) in [7, 11) is 1.31. The number of amides is 2. The van der Waals surface area contributed by atoms with Crippen LogP contribution >= 0.6 is 0 Å². The van der Waals surface area contributed by atoms with Crippen molar-refractivity contribution in [2.24, 2.45) is 10.8 Å². The molecule has 1 atom stereocenters. The second-order valence-electron chi connectivity index (χ2n) is 13.4. The lowest BCUT2D eigenvalue weighted by Gasteiger charge is -2.47. The summed E-state index contributed by atoms with van der Waals surface area (Å²) in [5.74, 6) is -4.85. The molecule has 1 unspecified atom stereocenters. The van der Waals surface area contributed by atoms with Crippen LogP contribution in [-0.4, -0.2) is 69.1 Å². The number of benzene rings is 2. The van der Waals surface area contributed by atoms with E-state index >= 15 is 4.39 Å². The number of aldehydes is 1. The normalized spacial score (nSPS) is 19.7. The number of nitrogens with one attached hydrogen (secondary N) is 1. The minimum absolute atomic E-state index is 0.110. The number of nitrogens with zero attached hydrogens (tertiary/aromatic N) is 2. The first-order valence-electron chi connectivity index (χ1n) is 14.3. The van der Waals surface area contributed by atoms with Crippen molar-refractivity contribution < 1.29 is 34.1 Å². The van der Waals surface area contributed by atoms with Crippen molar-refractivity contribution in [1.29, 1.82) is 0 Å². The third kappa shape index (κ3) is 6.41. The Morgan fingerprint density at radius 3 is 2.38 bits per heavy atom. The molecule has 1 fully saturated rings. The van der Waals surface area contributed by atoms with Gasteiger partial charge >= 0.3 is 0 Å². The van der Waals surface area contributed by atoms with E-state index in [0.29, 0.717) is 24.0 Å². The monoisotopic (exact) mass is 583 g/mol. The van der Waals surface area contributed by atoms with Gasteiger partial charge in [-0.05, 0) is 52.1 Å². The summed E-state index contributed by atoms with van der Waals surface area (Å²) in [6.45, 7) is 11.0. The highest BCUT2D eigenvalue weighted by molar-refractivity contribution is 6.02. The third-order valence-electron chi connectivity index (χ3n) is 8.28. The number of piperidine rings is 1. The van der Waals surface area contributed by atoms with Gasteiger partial charge in [0.15, 0.2) is 5.79 Å². The average Bonchev–Trinajstić information content (AvgIpc) is 3.23. The van der Waals surface area contributed by atoms with Crippen LogP contribution in [0.1, 0.15) is 79.6 Å². The van der Waals surface area contributed by atoms with E-state index < -0.39 is 35.6 Å². The molecule has 0 bridgehead atoms. The Morgan fingerprint density at radius 1 is 1.10 bits per heavy atom. The Kier molecular flexibility index (Phi) is 8.68. The minimum Gasteiger partial charge on any atom is -0.363 e. The molecule has 2 amide bonds. The zero-order valence-corrected chi connectivity index (χ0v) is 25.0. The van der Waals surface area contributed by atoms with E-state index in [-0.39, 0.29) is 41.3 Å². The molecule has 9 nitrogen and oxygen atoms in total. The number of fused-ring (bicyclic) bond motifs is 1. The predicted molar refractivity (Wildman–Crippen MR) is 154 cm³/mol. The Hall–Kier alpha value is -3.18. The van der Waals surface area contributed by atoms with Gasteiger partial charge in [0.05, 0.1) is 6.54 Å². The van der Waals surface area contributed by atoms with Crippen LogP contribution in [0.15, 0.2) is 36.4 Å². The van der Waals surface area contributed by atoms with Crippen LogP contribution in [0.2, 0.25) is 0 Å². The summed E-state index contributed by atoms with van der Waals surface area (Å²) in [4.78, 5) is 40.2. The summed E-state index contributed by atoms with van der Waals surface area (Å²) in [6, 6.07) is 9.05. The van der Waals surface area contributed by atoms with Crippen molar-refractivity contribution in [3.05, 3.63) is 70.0 Å². The number of halogens is 1. The number of aliphatic hydroxyl groups is 3. The molecular formula is C32H42FN3O6. The van der Waals surface area contributed by atoms with Crippen molar-refractivity contribution in [2.45, 2.75) is 78.0 Å². The summed E-state index contributed by atoms with van der Waals surface area (Å²) < 4.78 is 15.1. The van der Waals surface area contributed by atoms with Gasteiger partial charge in [0.25, 0.3) is 11.8 Å². The van der Waals surface area contributed by atoms with Crippen molar-refractivity contribution in [3.63, 3.8) is 0 Å². The van der Waals surface area contributed by atoms with Crippen LogP contribution in [0.25, 0.3) is 0 Å². The standard InChI is InChI=1S/C32H42FN3O6/c1-29(2)18-30(3,4)20-35(19-29)16-21-10-11-26(33)25(14-21)32(41,42)15-22-8-6-9-23-24(22)17-36(27(23)38)31(40,12-7-13-37)28(39)34-5/h6,8-11,13-14,40-42H,7,12,15-20H2,1-5H3,(H,34,39). The molecule has 0 aromatic heterocycles. The van der Waals surface area contributed by atoms with Crippen LogP contribution in [0.5, 0.6) is 0 Å². The van der Waals surface area contributed by atoms with Gasteiger partial charge in [-0.1, -0.05) is 45.9 Å². The molecule has 4 N–H and O–H groups in total. The smallest absolute Gasteiger partial charge is 0.273 e. The largest absolute Gasteiger partial charge is 0.363 e. The zero-order valence-electron chi connectivity index (χ0n) is 25.0. The highest BCUT2D eigenvalue weighted by Gasteiger charge is 2.48. The minimum atomic E-state index is -2.61. The summed E-state index contributed by atoms with van der Waals surface area (Å²) in [5.41, 5.74) is -0.667. The van der Waals surface area contributed by atoms with Gasteiger partial charge in [-0.2, -0.15) is 0 Å². The molecule has 4 rings (SSSR count). The molecule has 0 aliphatic carbocycles. The Labute approximate surface area is 246 Å². The van der Waals surface area contributed by atoms with E-state index in [2.05, 4.69) is 37.9 Å². The predicted octanol–water partition coefficient (Wildman–Crippen LogP) is 2.83. The van der Waals surface area contributed by atoms with Crippen LogP contribution in [0.3, 0.4) is 0 Å². The van der Waals surface area contributed by atoms with Gasteiger partial charge in [0.2, 0.25) is 5.72 Å². The Balaban J connectivity index is 1.61. The number of rotatable bonds is 10. The van der Waals surface area contributed by atoms with Gasteiger partial charge in [-0.25, -0.2) is 4.39 Å². The lowest BCUT2D eigenvalue weighted by atomic mass is 9.71. The second kappa shape index (κ2) is 11.5. The maximum Gasteiger partial charge on any atom is 0.273 e. The number of likely N-dealkylation sites (N-methyl/N-ethyl adjacent to an activating group) is 1. The molecular weight excluding hydrogens is 541 g/mol. The Morgan fingerprint density at radius 2 is 1.76 bits per heavy atom. The number of hydrogen-bond acceptors (Lipinski definition) is 7. The van der Waals surface area contributed by atoms with Crippen LogP contribution in [0, 0.1) is 16.6 Å². The number of likely N-dealkylation sites (tertiary alicyclic amines) is 1. The quantitative estimate of drug-likeness (QED) is 0.250. The molecule has 2 aliphatic heterocycles. The van der Waals surface area contributed by atoms with Crippen molar-refractivity contribution >= 4 is 18.1 Å². The molecule has 0 radical (unpaired) electrons. The summed E-state index contributed by atoms with van der Waals surface area (Å²) in [6.07, 6.45) is 0.733. The first-order chi connectivity index (χ1) is 19.5. The van der Waals surface area contributed by atoms with E-state index in [4.69, 9.17) is 0 Å². The molecule has 0 saturated carbocycles. The van der Waals surface area contributed by atoms with Gasteiger partial charge in [-0.3, -0.25) is 19.4 Å². The first kappa shape index (κ1) is 31.7. The lowest BCUT2D eigenvalue weighted by Crippen LogP contribution is -2.58. The molecule has 42 heavy (non-hydrogen) atoms. The molecule has 0 spiro atoms. The van der Waals surface area contributed by atoms with Crippen molar-refractivity contribution in [1.82, 2.24) is 15.1 Å². The fraction of sp³-hybridized carbons (Fsp3) is 0.531. The average molecular weight is 584 g/mol. The van der Waals surface area contributed by atoms with Gasteiger partial charge in [-0.15, -0.1) is 0 Å². The SMILES string of the molecule is CNC(=O)C(O)(CCC=O)N1Cc2c(CC(O)(O)c3cc(CN4CC(C)(C)CC(C)(C)C4)ccc3F)cccc2C1=O. The van der Waals surface area contributed by atoms with E-state index in [1.54, 1.807) is 18.2 Å². The molecule has 228 valence electrons. The number of carbonyl (C=O) groups excluding carboxylic acids is 3. The van der Waals surface area contributed by atoms with Gasteiger partial charge in [0.1, 0.15) is 12.1 Å². The Bertz CT molecular complexity index is 1360. The maximum absolute atomic E-state index is 15.1. The van der Waals surface area contributed by atoms with Crippen LogP contribution < -0.4 is 5.32 Å². The fourth-order valence-corrected chi connectivity index (χ4v) is 7.08. The summed E-state index contributed by atoms with van der Waals surface area (Å²) >= 11 is 0. The molecule has 2 aliphatic rings. The summed E-state index contributed by atoms with van der Waals surface area (Å²) in [5, 5.41) is 36.0. The topological polar surface area (TPSA) is 130 Å². The molecule has 10 heteroatoms. The number of carbonyl (C=O) groups is 3. The first-order valence-corrected chi connectivity index (χ1v) is 14.3. The van der Waals surface area contributed by atoms with E-state index in [1.165, 1.54) is 25.2 Å². The van der Waals surface area contributed by atoms with E-state index in [9.17, 15) is 29.7 Å².